The van der Waals surface area contributed by atoms with Crippen molar-refractivity contribution in [3.05, 3.63) is 30.2 Å². The molecule has 3 rings (SSSR count). The zero-order chi connectivity index (χ0) is 11.9. The minimum atomic E-state index is -0.357. The molecule has 1 saturated carbocycles. The Kier molecular flexibility index (Phi) is 2.45. The Morgan fingerprint density at radius 2 is 2.00 bits per heavy atom. The van der Waals surface area contributed by atoms with Crippen LogP contribution in [0.3, 0.4) is 0 Å². The van der Waals surface area contributed by atoms with Crippen molar-refractivity contribution in [2.75, 3.05) is 6.26 Å². The third kappa shape index (κ3) is 1.96. The lowest BCUT2D eigenvalue weighted by molar-refractivity contribution is 0.348. The Morgan fingerprint density at radius 1 is 1.29 bits per heavy atom. The van der Waals surface area contributed by atoms with Crippen LogP contribution in [0.15, 0.2) is 33.7 Å². The van der Waals surface area contributed by atoms with E-state index in [2.05, 4.69) is 10.1 Å². The van der Waals surface area contributed by atoms with Crippen molar-refractivity contribution < 1.29 is 4.52 Å². The summed E-state index contributed by atoms with van der Waals surface area (Å²) in [6, 6.07) is 8.09. The van der Waals surface area contributed by atoms with Gasteiger partial charge in [-0.1, -0.05) is 5.16 Å². The highest BCUT2D eigenvalue weighted by molar-refractivity contribution is 7.98. The van der Waals surface area contributed by atoms with E-state index in [9.17, 15) is 0 Å². The normalized spacial score (nSPS) is 17.1. The summed E-state index contributed by atoms with van der Waals surface area (Å²) in [7, 11) is 0. The van der Waals surface area contributed by atoms with Crippen LogP contribution in [-0.2, 0) is 5.54 Å². The smallest absolute Gasteiger partial charge is 0.247 e. The van der Waals surface area contributed by atoms with E-state index in [0.717, 1.165) is 18.4 Å². The number of rotatable bonds is 3. The van der Waals surface area contributed by atoms with Gasteiger partial charge in [-0.2, -0.15) is 4.98 Å². The maximum Gasteiger partial charge on any atom is 0.247 e. The van der Waals surface area contributed by atoms with Crippen molar-refractivity contribution in [3.8, 4) is 11.4 Å². The van der Waals surface area contributed by atoms with E-state index in [4.69, 9.17) is 10.3 Å². The van der Waals surface area contributed by atoms with Crippen molar-refractivity contribution in [2.45, 2.75) is 23.3 Å². The number of thioether (sulfide) groups is 1. The van der Waals surface area contributed by atoms with E-state index in [1.54, 1.807) is 11.8 Å². The number of aromatic nitrogens is 2. The second-order valence-corrected chi connectivity index (χ2v) is 5.19. The number of nitrogens with two attached hydrogens (primary N) is 1. The first-order valence-corrected chi connectivity index (χ1v) is 6.71. The molecule has 0 saturated heterocycles. The molecule has 1 aromatic carbocycles. The Hall–Kier alpha value is -1.33. The van der Waals surface area contributed by atoms with Crippen molar-refractivity contribution in [3.63, 3.8) is 0 Å². The Labute approximate surface area is 104 Å². The highest BCUT2D eigenvalue weighted by Crippen LogP contribution is 2.42. The topological polar surface area (TPSA) is 64.9 Å². The SMILES string of the molecule is CSc1ccc(-c2noc(C3(N)CC3)n2)cc1. The number of hydrogen-bond donors (Lipinski definition) is 1. The quantitative estimate of drug-likeness (QED) is 0.844. The van der Waals surface area contributed by atoms with E-state index in [1.165, 1.54) is 4.90 Å². The van der Waals surface area contributed by atoms with Gasteiger partial charge in [0.15, 0.2) is 0 Å². The molecule has 0 atom stereocenters. The van der Waals surface area contributed by atoms with Crippen LogP contribution >= 0.6 is 11.8 Å². The largest absolute Gasteiger partial charge is 0.337 e. The van der Waals surface area contributed by atoms with Crippen LogP contribution in [0.2, 0.25) is 0 Å². The van der Waals surface area contributed by atoms with E-state index < -0.39 is 0 Å². The molecule has 1 aliphatic rings. The molecule has 17 heavy (non-hydrogen) atoms. The first-order chi connectivity index (χ1) is 8.21. The molecule has 1 aliphatic carbocycles. The third-order valence-corrected chi connectivity index (χ3v) is 3.73. The minimum absolute atomic E-state index is 0.357. The van der Waals surface area contributed by atoms with E-state index in [-0.39, 0.29) is 5.54 Å². The fraction of sp³-hybridized carbons (Fsp3) is 0.333. The van der Waals surface area contributed by atoms with Crippen molar-refractivity contribution >= 4 is 11.8 Å². The zero-order valence-corrected chi connectivity index (χ0v) is 10.3. The van der Waals surface area contributed by atoms with Crippen molar-refractivity contribution in [1.29, 1.82) is 0 Å². The second-order valence-electron chi connectivity index (χ2n) is 4.31. The summed E-state index contributed by atoms with van der Waals surface area (Å²) in [5.41, 5.74) is 6.61. The number of hydrogen-bond acceptors (Lipinski definition) is 5. The Morgan fingerprint density at radius 3 is 2.59 bits per heavy atom. The highest BCUT2D eigenvalue weighted by atomic mass is 32.2. The lowest BCUT2D eigenvalue weighted by Gasteiger charge is -1.98. The maximum atomic E-state index is 6.01. The molecular formula is C12H13N3OS. The van der Waals surface area contributed by atoms with Crippen LogP contribution in [-0.4, -0.2) is 16.4 Å². The van der Waals surface area contributed by atoms with Crippen LogP contribution in [0.25, 0.3) is 11.4 Å². The van der Waals surface area contributed by atoms with Crippen LogP contribution < -0.4 is 5.73 Å². The van der Waals surface area contributed by atoms with Gasteiger partial charge in [-0.3, -0.25) is 0 Å². The first kappa shape index (κ1) is 10.8. The fourth-order valence-electron chi connectivity index (χ4n) is 1.63. The summed E-state index contributed by atoms with van der Waals surface area (Å²) in [5.74, 6) is 1.17. The van der Waals surface area contributed by atoms with E-state index in [1.807, 2.05) is 30.5 Å². The molecule has 88 valence electrons. The van der Waals surface area contributed by atoms with Crippen LogP contribution in [0.4, 0.5) is 0 Å². The molecule has 2 aromatic rings. The lowest BCUT2D eigenvalue weighted by Crippen LogP contribution is -2.18. The Balaban J connectivity index is 1.90. The molecule has 0 spiro atoms. The van der Waals surface area contributed by atoms with Gasteiger partial charge in [-0.25, -0.2) is 0 Å². The van der Waals surface area contributed by atoms with Crippen LogP contribution in [0, 0.1) is 0 Å². The maximum absolute atomic E-state index is 6.01. The lowest BCUT2D eigenvalue weighted by atomic mass is 10.2. The van der Waals surface area contributed by atoms with Crippen LogP contribution in [0.5, 0.6) is 0 Å². The average molecular weight is 247 g/mol. The summed E-state index contributed by atoms with van der Waals surface area (Å²) in [6.45, 7) is 0. The molecule has 0 amide bonds. The van der Waals surface area contributed by atoms with E-state index >= 15 is 0 Å². The Bertz CT molecular complexity index is 531. The molecule has 5 heteroatoms. The van der Waals surface area contributed by atoms with Gasteiger partial charge >= 0.3 is 0 Å². The zero-order valence-electron chi connectivity index (χ0n) is 9.51. The number of benzene rings is 1. The molecular weight excluding hydrogens is 234 g/mol. The van der Waals surface area contributed by atoms with Gasteiger partial charge < -0.3 is 10.3 Å². The van der Waals surface area contributed by atoms with Crippen LogP contribution in [0.1, 0.15) is 18.7 Å². The third-order valence-electron chi connectivity index (χ3n) is 2.99. The fourth-order valence-corrected chi connectivity index (χ4v) is 2.04. The molecule has 1 heterocycles. The predicted octanol–water partition coefficient (Wildman–Crippen LogP) is 2.41. The van der Waals surface area contributed by atoms with E-state index in [0.29, 0.717) is 11.7 Å². The molecule has 1 fully saturated rings. The molecule has 0 bridgehead atoms. The van der Waals surface area contributed by atoms with Gasteiger partial charge in [-0.05, 0) is 43.4 Å². The summed E-state index contributed by atoms with van der Waals surface area (Å²) in [5, 5.41) is 3.98. The molecule has 0 radical (unpaired) electrons. The summed E-state index contributed by atoms with van der Waals surface area (Å²) in [4.78, 5) is 5.58. The average Bonchev–Trinajstić information content (AvgIpc) is 2.94. The highest BCUT2D eigenvalue weighted by Gasteiger charge is 2.45. The summed E-state index contributed by atoms with van der Waals surface area (Å²) >= 11 is 1.71. The van der Waals surface area contributed by atoms with Crippen molar-refractivity contribution in [2.24, 2.45) is 5.73 Å². The molecule has 0 aliphatic heterocycles. The van der Waals surface area contributed by atoms with Gasteiger partial charge in [0.2, 0.25) is 11.7 Å². The second kappa shape index (κ2) is 3.85. The molecule has 0 unspecified atom stereocenters. The van der Waals surface area contributed by atoms with Gasteiger partial charge in [-0.15, -0.1) is 11.8 Å². The van der Waals surface area contributed by atoms with Gasteiger partial charge in [0, 0.05) is 10.5 Å². The van der Waals surface area contributed by atoms with Gasteiger partial charge in [0.1, 0.15) is 0 Å². The molecule has 1 aromatic heterocycles. The minimum Gasteiger partial charge on any atom is -0.337 e. The summed E-state index contributed by atoms with van der Waals surface area (Å²) < 4.78 is 5.21. The number of nitrogens with zero attached hydrogens (tertiary/aromatic N) is 2. The molecule has 2 N–H and O–H groups in total. The predicted molar refractivity (Wildman–Crippen MR) is 66.6 cm³/mol. The van der Waals surface area contributed by atoms with Crippen molar-refractivity contribution in [1.82, 2.24) is 10.1 Å². The van der Waals surface area contributed by atoms with Gasteiger partial charge in [0.25, 0.3) is 0 Å². The standard InChI is InChI=1S/C12H13N3OS/c1-17-9-4-2-8(3-5-9)10-14-11(16-15-10)12(13)6-7-12/h2-5H,6-7,13H2,1H3. The van der Waals surface area contributed by atoms with Gasteiger partial charge in [0.05, 0.1) is 5.54 Å². The summed E-state index contributed by atoms with van der Waals surface area (Å²) in [6.07, 6.45) is 3.91. The monoisotopic (exact) mass is 247 g/mol. The first-order valence-electron chi connectivity index (χ1n) is 5.49. The molecule has 4 nitrogen and oxygen atoms in total.